The third-order valence-corrected chi connectivity index (χ3v) is 4.64. The molecule has 2 aromatic rings. The van der Waals surface area contributed by atoms with E-state index in [0.29, 0.717) is 6.42 Å². The van der Waals surface area contributed by atoms with E-state index in [9.17, 15) is 5.11 Å². The van der Waals surface area contributed by atoms with Gasteiger partial charge in [0, 0.05) is 45.4 Å². The summed E-state index contributed by atoms with van der Waals surface area (Å²) in [5.74, 6) is 1.68. The monoisotopic (exact) mass is 326 g/mol. The van der Waals surface area contributed by atoms with Crippen LogP contribution in [0.15, 0.2) is 36.4 Å². The van der Waals surface area contributed by atoms with E-state index < -0.39 is 5.60 Å². The third kappa shape index (κ3) is 3.85. The summed E-state index contributed by atoms with van der Waals surface area (Å²) >= 11 is 0. The van der Waals surface area contributed by atoms with Crippen LogP contribution in [0.2, 0.25) is 0 Å². The molecule has 5 heteroatoms. The molecule has 1 aromatic heterocycles. The normalized spacial score (nSPS) is 16.9. The zero-order chi connectivity index (χ0) is 17.2. The second-order valence-corrected chi connectivity index (χ2v) is 6.94. The number of aryl methyl sites for hydroxylation is 1. The molecule has 1 aliphatic heterocycles. The number of rotatable bonds is 4. The standard InChI is InChI=1S/C19H26N4O/c1-15-13-17(22(2)3)21-18(20-15)23-11-9-19(24,10-12-23)14-16-7-5-4-6-8-16/h4-8,13,24H,9-12,14H2,1-3H3. The van der Waals surface area contributed by atoms with E-state index in [0.717, 1.165) is 43.4 Å². The second-order valence-electron chi connectivity index (χ2n) is 6.94. The molecule has 5 nitrogen and oxygen atoms in total. The lowest BCUT2D eigenvalue weighted by atomic mass is 9.85. The van der Waals surface area contributed by atoms with Gasteiger partial charge in [-0.1, -0.05) is 30.3 Å². The molecule has 128 valence electrons. The highest BCUT2D eigenvalue weighted by Crippen LogP contribution is 2.28. The summed E-state index contributed by atoms with van der Waals surface area (Å²) < 4.78 is 0. The lowest BCUT2D eigenvalue weighted by molar-refractivity contribution is 0.0163. The third-order valence-electron chi connectivity index (χ3n) is 4.64. The second kappa shape index (κ2) is 6.77. The van der Waals surface area contributed by atoms with Crippen LogP contribution in [-0.4, -0.2) is 47.9 Å². The molecule has 1 saturated heterocycles. The van der Waals surface area contributed by atoms with E-state index >= 15 is 0 Å². The number of hydrogen-bond donors (Lipinski definition) is 1. The van der Waals surface area contributed by atoms with Crippen molar-refractivity contribution in [3.8, 4) is 0 Å². The van der Waals surface area contributed by atoms with Gasteiger partial charge in [-0.15, -0.1) is 0 Å². The van der Waals surface area contributed by atoms with Crippen LogP contribution in [0.25, 0.3) is 0 Å². The number of aliphatic hydroxyl groups is 1. The summed E-state index contributed by atoms with van der Waals surface area (Å²) in [6.45, 7) is 3.55. The molecule has 0 atom stereocenters. The van der Waals surface area contributed by atoms with E-state index in [1.807, 2.05) is 50.2 Å². The van der Waals surface area contributed by atoms with Gasteiger partial charge in [0.25, 0.3) is 0 Å². The predicted octanol–water partition coefficient (Wildman–Crippen LogP) is 2.43. The molecule has 0 bridgehead atoms. The molecule has 1 aliphatic rings. The van der Waals surface area contributed by atoms with Gasteiger partial charge in [0.1, 0.15) is 5.82 Å². The zero-order valence-corrected chi connectivity index (χ0v) is 14.7. The van der Waals surface area contributed by atoms with Gasteiger partial charge in [0.05, 0.1) is 5.60 Å². The van der Waals surface area contributed by atoms with Gasteiger partial charge in [-0.05, 0) is 25.3 Å². The first kappa shape index (κ1) is 16.7. The summed E-state index contributed by atoms with van der Waals surface area (Å²) in [5, 5.41) is 10.9. The average molecular weight is 326 g/mol. The Morgan fingerprint density at radius 3 is 2.42 bits per heavy atom. The van der Waals surface area contributed by atoms with Crippen molar-refractivity contribution < 1.29 is 5.11 Å². The molecule has 0 unspecified atom stereocenters. The first-order chi connectivity index (χ1) is 11.5. The van der Waals surface area contributed by atoms with E-state index in [2.05, 4.69) is 27.0 Å². The van der Waals surface area contributed by atoms with Gasteiger partial charge in [-0.25, -0.2) is 4.98 Å². The van der Waals surface area contributed by atoms with Crippen molar-refractivity contribution in [3.05, 3.63) is 47.7 Å². The van der Waals surface area contributed by atoms with Crippen LogP contribution in [0.5, 0.6) is 0 Å². The Labute approximate surface area is 144 Å². The molecule has 0 saturated carbocycles. The summed E-state index contributed by atoms with van der Waals surface area (Å²) in [4.78, 5) is 13.4. The number of piperidine rings is 1. The quantitative estimate of drug-likeness (QED) is 0.935. The van der Waals surface area contributed by atoms with Crippen molar-refractivity contribution in [1.82, 2.24) is 9.97 Å². The summed E-state index contributed by atoms with van der Waals surface area (Å²) in [6, 6.07) is 12.2. The fourth-order valence-corrected chi connectivity index (χ4v) is 3.18. The largest absolute Gasteiger partial charge is 0.389 e. The Balaban J connectivity index is 1.68. The SMILES string of the molecule is Cc1cc(N(C)C)nc(N2CCC(O)(Cc3ccccc3)CC2)n1. The van der Waals surface area contributed by atoms with Gasteiger partial charge < -0.3 is 14.9 Å². The van der Waals surface area contributed by atoms with Crippen LogP contribution < -0.4 is 9.80 Å². The number of anilines is 2. The van der Waals surface area contributed by atoms with Crippen LogP contribution in [0.3, 0.4) is 0 Å². The van der Waals surface area contributed by atoms with E-state index in [-0.39, 0.29) is 0 Å². The van der Waals surface area contributed by atoms with Gasteiger partial charge in [0.2, 0.25) is 5.95 Å². The van der Waals surface area contributed by atoms with E-state index in [1.165, 1.54) is 5.56 Å². The van der Waals surface area contributed by atoms with Crippen molar-refractivity contribution in [1.29, 1.82) is 0 Å². The highest BCUT2D eigenvalue weighted by Gasteiger charge is 2.33. The van der Waals surface area contributed by atoms with Gasteiger partial charge >= 0.3 is 0 Å². The molecule has 0 aliphatic carbocycles. The minimum absolute atomic E-state index is 0.633. The van der Waals surface area contributed by atoms with Crippen LogP contribution >= 0.6 is 0 Å². The van der Waals surface area contributed by atoms with Gasteiger partial charge in [-0.3, -0.25) is 0 Å². The average Bonchev–Trinajstić information content (AvgIpc) is 2.55. The molecule has 0 radical (unpaired) electrons. The van der Waals surface area contributed by atoms with Crippen molar-refractivity contribution in [2.45, 2.75) is 31.8 Å². The molecule has 0 amide bonds. The van der Waals surface area contributed by atoms with E-state index in [4.69, 9.17) is 0 Å². The van der Waals surface area contributed by atoms with Crippen LogP contribution in [0, 0.1) is 6.92 Å². The minimum atomic E-state index is -0.633. The lowest BCUT2D eigenvalue weighted by Gasteiger charge is -2.38. The zero-order valence-electron chi connectivity index (χ0n) is 14.7. The Morgan fingerprint density at radius 2 is 1.79 bits per heavy atom. The molecule has 0 spiro atoms. The Bertz CT molecular complexity index is 679. The summed E-state index contributed by atoms with van der Waals surface area (Å²) in [7, 11) is 3.97. The number of benzene rings is 1. The highest BCUT2D eigenvalue weighted by atomic mass is 16.3. The highest BCUT2D eigenvalue weighted by molar-refractivity contribution is 5.45. The topological polar surface area (TPSA) is 52.5 Å². The van der Waals surface area contributed by atoms with Gasteiger partial charge in [-0.2, -0.15) is 4.98 Å². The molecular weight excluding hydrogens is 300 g/mol. The van der Waals surface area contributed by atoms with Crippen LogP contribution in [0.4, 0.5) is 11.8 Å². The minimum Gasteiger partial charge on any atom is -0.389 e. The molecule has 1 N–H and O–H groups in total. The lowest BCUT2D eigenvalue weighted by Crippen LogP contribution is -2.46. The maximum absolute atomic E-state index is 10.9. The Morgan fingerprint density at radius 1 is 1.12 bits per heavy atom. The van der Waals surface area contributed by atoms with Gasteiger partial charge in [0.15, 0.2) is 0 Å². The van der Waals surface area contributed by atoms with Crippen LogP contribution in [0.1, 0.15) is 24.1 Å². The number of nitrogens with zero attached hydrogens (tertiary/aromatic N) is 4. The maximum atomic E-state index is 10.9. The van der Waals surface area contributed by atoms with E-state index in [1.54, 1.807) is 0 Å². The Hall–Kier alpha value is -2.14. The summed E-state index contributed by atoms with van der Waals surface area (Å²) in [6.07, 6.45) is 2.17. The number of aromatic nitrogens is 2. The van der Waals surface area contributed by atoms with Crippen LogP contribution in [-0.2, 0) is 6.42 Å². The summed E-state index contributed by atoms with van der Waals surface area (Å²) in [5.41, 5.74) is 1.52. The molecule has 24 heavy (non-hydrogen) atoms. The van der Waals surface area contributed by atoms with Crippen molar-refractivity contribution in [2.24, 2.45) is 0 Å². The molecule has 2 heterocycles. The molecule has 3 rings (SSSR count). The molecular formula is C19H26N4O. The van der Waals surface area contributed by atoms with Crippen molar-refractivity contribution in [2.75, 3.05) is 37.0 Å². The fourth-order valence-electron chi connectivity index (χ4n) is 3.18. The van der Waals surface area contributed by atoms with Crippen molar-refractivity contribution >= 4 is 11.8 Å². The first-order valence-electron chi connectivity index (χ1n) is 8.49. The number of hydrogen-bond acceptors (Lipinski definition) is 5. The smallest absolute Gasteiger partial charge is 0.227 e. The predicted molar refractivity (Wildman–Crippen MR) is 97.6 cm³/mol. The van der Waals surface area contributed by atoms with Crippen molar-refractivity contribution in [3.63, 3.8) is 0 Å². The Kier molecular flexibility index (Phi) is 4.71. The fraction of sp³-hybridized carbons (Fsp3) is 0.474. The molecule has 1 fully saturated rings. The first-order valence-corrected chi connectivity index (χ1v) is 8.49. The maximum Gasteiger partial charge on any atom is 0.227 e. The molecule has 1 aromatic carbocycles.